The summed E-state index contributed by atoms with van der Waals surface area (Å²) in [6.45, 7) is 7.86. The lowest BCUT2D eigenvalue weighted by Crippen LogP contribution is -2.50. The van der Waals surface area contributed by atoms with Crippen molar-refractivity contribution in [2.45, 2.75) is 97.0 Å². The molecule has 0 radical (unpaired) electrons. The van der Waals surface area contributed by atoms with Gasteiger partial charge in [0.05, 0.1) is 6.42 Å². The summed E-state index contributed by atoms with van der Waals surface area (Å²) in [5.74, 6) is 2.47. The van der Waals surface area contributed by atoms with E-state index in [4.69, 9.17) is 4.74 Å². The summed E-state index contributed by atoms with van der Waals surface area (Å²) in [6.07, 6.45) is 15.3. The van der Waals surface area contributed by atoms with Gasteiger partial charge in [-0.25, -0.2) is 0 Å². The summed E-state index contributed by atoms with van der Waals surface area (Å²) in [7, 11) is 0. The van der Waals surface area contributed by atoms with E-state index in [1.165, 1.54) is 25.7 Å². The Balaban J connectivity index is 1.20. The van der Waals surface area contributed by atoms with Gasteiger partial charge < -0.3 is 9.64 Å². The lowest BCUT2D eigenvalue weighted by molar-refractivity contribution is -0.151. The summed E-state index contributed by atoms with van der Waals surface area (Å²) in [5, 5.41) is 0. The molecular weight excluding hydrogens is 386 g/mol. The fraction of sp³-hybridized carbons (Fsp3) is 0.852. The Hall–Kier alpha value is -1.16. The molecule has 0 N–H and O–H groups in total. The standard InChI is InChI=1S/C27H41NO3/c1-26-13-10-20(31-25(30)12-17-28-15-4-3-5-16-28)18-19(26)6-7-21-22-8-9-24(29)27(22,2)14-11-23(21)26/h6,20-23H,3-5,7-18H2,1-2H3/t20-,21-,22-,23-,26-,27-/m0/s1. The number of carbonyl (C=O) groups is 2. The Morgan fingerprint density at radius 3 is 2.61 bits per heavy atom. The molecule has 1 heterocycles. The van der Waals surface area contributed by atoms with Crippen LogP contribution in [-0.2, 0) is 14.3 Å². The first kappa shape index (κ1) is 21.7. The molecule has 3 saturated carbocycles. The number of carbonyl (C=O) groups excluding carboxylic acids is 2. The van der Waals surface area contributed by atoms with E-state index in [1.807, 2.05) is 0 Å². The van der Waals surface area contributed by atoms with Gasteiger partial charge in [0, 0.05) is 24.8 Å². The summed E-state index contributed by atoms with van der Waals surface area (Å²) in [6, 6.07) is 0. The number of piperidine rings is 1. The molecule has 4 nitrogen and oxygen atoms in total. The van der Waals surface area contributed by atoms with Crippen LogP contribution in [0.1, 0.15) is 90.9 Å². The fourth-order valence-electron chi connectivity index (χ4n) is 8.18. The molecule has 0 aromatic heterocycles. The molecule has 0 amide bonds. The maximum atomic E-state index is 12.6. The molecule has 1 aliphatic heterocycles. The minimum Gasteiger partial charge on any atom is -0.462 e. The first-order valence-corrected chi connectivity index (χ1v) is 13.0. The normalized spacial score (nSPS) is 42.9. The molecule has 4 heteroatoms. The van der Waals surface area contributed by atoms with Crippen LogP contribution in [0.25, 0.3) is 0 Å². The van der Waals surface area contributed by atoms with E-state index in [-0.39, 0.29) is 22.9 Å². The summed E-state index contributed by atoms with van der Waals surface area (Å²) >= 11 is 0. The number of esters is 1. The second-order valence-electron chi connectivity index (χ2n) is 11.7. The zero-order valence-electron chi connectivity index (χ0n) is 19.7. The van der Waals surface area contributed by atoms with Crippen molar-refractivity contribution >= 4 is 11.8 Å². The van der Waals surface area contributed by atoms with Crippen molar-refractivity contribution in [1.82, 2.24) is 4.90 Å². The highest BCUT2D eigenvalue weighted by atomic mass is 16.5. The third kappa shape index (κ3) is 3.81. The summed E-state index contributed by atoms with van der Waals surface area (Å²) < 4.78 is 5.96. The van der Waals surface area contributed by atoms with Crippen molar-refractivity contribution in [3.8, 4) is 0 Å². The Morgan fingerprint density at radius 1 is 1.06 bits per heavy atom. The van der Waals surface area contributed by atoms with Gasteiger partial charge >= 0.3 is 5.97 Å². The quantitative estimate of drug-likeness (QED) is 0.451. The number of hydrogen-bond donors (Lipinski definition) is 0. The van der Waals surface area contributed by atoms with E-state index in [2.05, 4.69) is 24.8 Å². The minimum atomic E-state index is -0.0516. The van der Waals surface area contributed by atoms with E-state index in [0.29, 0.717) is 30.0 Å². The fourth-order valence-corrected chi connectivity index (χ4v) is 8.18. The first-order chi connectivity index (χ1) is 14.9. The average molecular weight is 428 g/mol. The number of nitrogens with zero attached hydrogens (tertiary/aromatic N) is 1. The zero-order chi connectivity index (χ0) is 21.6. The van der Waals surface area contributed by atoms with E-state index < -0.39 is 0 Å². The van der Waals surface area contributed by atoms with Gasteiger partial charge in [-0.05, 0) is 87.6 Å². The molecule has 4 fully saturated rings. The van der Waals surface area contributed by atoms with E-state index >= 15 is 0 Å². The average Bonchev–Trinajstić information content (AvgIpc) is 3.08. The molecule has 31 heavy (non-hydrogen) atoms. The van der Waals surface area contributed by atoms with Crippen LogP contribution in [0.2, 0.25) is 0 Å². The molecule has 0 bridgehead atoms. The molecule has 6 atom stereocenters. The summed E-state index contributed by atoms with van der Waals surface area (Å²) in [4.78, 5) is 27.5. The van der Waals surface area contributed by atoms with Crippen LogP contribution in [0.5, 0.6) is 0 Å². The van der Waals surface area contributed by atoms with Gasteiger partial charge in [0.25, 0.3) is 0 Å². The molecule has 0 aromatic rings. The van der Waals surface area contributed by atoms with Crippen LogP contribution in [0.3, 0.4) is 0 Å². The molecular formula is C27H41NO3. The van der Waals surface area contributed by atoms with E-state index in [9.17, 15) is 9.59 Å². The molecule has 5 aliphatic rings. The van der Waals surface area contributed by atoms with Gasteiger partial charge in [0.1, 0.15) is 11.9 Å². The lowest BCUT2D eigenvalue weighted by atomic mass is 9.48. The molecule has 1 saturated heterocycles. The number of Topliss-reactive ketones (excluding diaryl/α,β-unsaturated/α-hetero) is 1. The lowest BCUT2D eigenvalue weighted by Gasteiger charge is -2.56. The number of likely N-dealkylation sites (tertiary alicyclic amines) is 1. The van der Waals surface area contributed by atoms with E-state index in [0.717, 1.165) is 64.6 Å². The van der Waals surface area contributed by atoms with Gasteiger partial charge in [-0.15, -0.1) is 0 Å². The number of allylic oxidation sites excluding steroid dienone is 1. The number of fused-ring (bicyclic) bond motifs is 5. The summed E-state index contributed by atoms with van der Waals surface area (Å²) in [5.41, 5.74) is 1.73. The third-order valence-electron chi connectivity index (χ3n) is 10.1. The molecule has 0 unspecified atom stereocenters. The number of rotatable bonds is 4. The van der Waals surface area contributed by atoms with Crippen molar-refractivity contribution in [1.29, 1.82) is 0 Å². The predicted molar refractivity (Wildman–Crippen MR) is 121 cm³/mol. The Labute approximate surface area is 188 Å². The van der Waals surface area contributed by atoms with Crippen LogP contribution in [0.15, 0.2) is 11.6 Å². The maximum Gasteiger partial charge on any atom is 0.307 e. The van der Waals surface area contributed by atoms with Crippen molar-refractivity contribution in [2.75, 3.05) is 19.6 Å². The van der Waals surface area contributed by atoms with Gasteiger partial charge in [-0.3, -0.25) is 9.59 Å². The predicted octanol–water partition coefficient (Wildman–Crippen LogP) is 5.31. The minimum absolute atomic E-state index is 0.00800. The van der Waals surface area contributed by atoms with Gasteiger partial charge in [0.2, 0.25) is 0 Å². The highest BCUT2D eigenvalue weighted by Crippen LogP contribution is 2.64. The zero-order valence-corrected chi connectivity index (χ0v) is 19.7. The molecule has 5 rings (SSSR count). The highest BCUT2D eigenvalue weighted by molar-refractivity contribution is 5.87. The van der Waals surface area contributed by atoms with Crippen LogP contribution in [0, 0.1) is 28.6 Å². The second kappa shape index (κ2) is 8.32. The Kier molecular flexibility index (Phi) is 5.82. The Morgan fingerprint density at radius 2 is 1.81 bits per heavy atom. The monoisotopic (exact) mass is 427 g/mol. The number of hydrogen-bond acceptors (Lipinski definition) is 4. The largest absolute Gasteiger partial charge is 0.462 e. The number of ketones is 1. The first-order valence-electron chi connectivity index (χ1n) is 13.0. The third-order valence-corrected chi connectivity index (χ3v) is 10.1. The molecule has 4 aliphatic carbocycles. The highest BCUT2D eigenvalue weighted by Gasteiger charge is 2.58. The van der Waals surface area contributed by atoms with Gasteiger partial charge in [-0.1, -0.05) is 31.9 Å². The van der Waals surface area contributed by atoms with Gasteiger partial charge in [-0.2, -0.15) is 0 Å². The molecule has 172 valence electrons. The SMILES string of the molecule is C[C@]12CC[C@H](OC(=O)CCN3CCCCC3)CC1=CC[C@@H]1[C@@H]2CC[C@]2(C)C(=O)CC[C@@H]12. The Bertz CT molecular complexity index is 754. The topological polar surface area (TPSA) is 46.6 Å². The van der Waals surface area contributed by atoms with Crippen LogP contribution in [-0.4, -0.2) is 42.4 Å². The molecule has 0 aromatic carbocycles. The van der Waals surface area contributed by atoms with Gasteiger partial charge in [0.15, 0.2) is 0 Å². The van der Waals surface area contributed by atoms with Crippen LogP contribution in [0.4, 0.5) is 0 Å². The maximum absolute atomic E-state index is 12.6. The van der Waals surface area contributed by atoms with Crippen molar-refractivity contribution < 1.29 is 14.3 Å². The van der Waals surface area contributed by atoms with Crippen molar-refractivity contribution in [2.24, 2.45) is 28.6 Å². The number of ether oxygens (including phenoxy) is 1. The molecule has 0 spiro atoms. The second-order valence-corrected chi connectivity index (χ2v) is 11.7. The smallest absolute Gasteiger partial charge is 0.307 e. The van der Waals surface area contributed by atoms with Crippen molar-refractivity contribution in [3.63, 3.8) is 0 Å². The van der Waals surface area contributed by atoms with E-state index in [1.54, 1.807) is 5.57 Å². The van der Waals surface area contributed by atoms with Crippen molar-refractivity contribution in [3.05, 3.63) is 11.6 Å². The van der Waals surface area contributed by atoms with Crippen LogP contribution < -0.4 is 0 Å². The van der Waals surface area contributed by atoms with Crippen LogP contribution >= 0.6 is 0 Å².